The molecule has 0 aliphatic carbocycles. The molecule has 7 heteroatoms. The van der Waals surface area contributed by atoms with Gasteiger partial charge in [-0.05, 0) is 12.6 Å². The molecule has 2 N–H and O–H groups in total. The van der Waals surface area contributed by atoms with Crippen molar-refractivity contribution in [2.45, 2.75) is 13.0 Å². The second-order valence-corrected chi connectivity index (χ2v) is 6.03. The van der Waals surface area contributed by atoms with Crippen LogP contribution < -0.4 is 10.6 Å². The van der Waals surface area contributed by atoms with Gasteiger partial charge in [-0.25, -0.2) is 15.0 Å². The fraction of sp³-hybridized carbons (Fsp3) is 0.500. The maximum absolute atomic E-state index is 5.56. The van der Waals surface area contributed by atoms with Gasteiger partial charge in [0.05, 0.1) is 10.7 Å². The van der Waals surface area contributed by atoms with Crippen LogP contribution >= 0.6 is 11.3 Å². The van der Waals surface area contributed by atoms with Crippen molar-refractivity contribution in [3.63, 3.8) is 0 Å². The first kappa shape index (κ1) is 14.4. The lowest BCUT2D eigenvalue weighted by molar-refractivity contribution is 0.246. The Bertz CT molecular complexity index is 550. The van der Waals surface area contributed by atoms with Gasteiger partial charge in [0.15, 0.2) is 0 Å². The van der Waals surface area contributed by atoms with Gasteiger partial charge in [0.25, 0.3) is 0 Å². The number of thiazole rings is 1. The summed E-state index contributed by atoms with van der Waals surface area (Å²) in [4.78, 5) is 17.9. The van der Waals surface area contributed by atoms with E-state index in [9.17, 15) is 0 Å². The number of aromatic nitrogens is 3. The first-order chi connectivity index (χ1) is 10.3. The van der Waals surface area contributed by atoms with E-state index in [0.717, 1.165) is 55.8 Å². The zero-order valence-electron chi connectivity index (χ0n) is 12.0. The Kier molecular flexibility index (Phi) is 4.74. The van der Waals surface area contributed by atoms with Gasteiger partial charge in [-0.3, -0.25) is 4.90 Å². The van der Waals surface area contributed by atoms with Gasteiger partial charge in [0.2, 0.25) is 5.95 Å². The monoisotopic (exact) mass is 304 g/mol. The molecule has 1 fully saturated rings. The van der Waals surface area contributed by atoms with Gasteiger partial charge < -0.3 is 10.6 Å². The lowest BCUT2D eigenvalue weighted by Crippen LogP contribution is -2.46. The van der Waals surface area contributed by atoms with E-state index >= 15 is 0 Å². The summed E-state index contributed by atoms with van der Waals surface area (Å²) < 4.78 is 0. The minimum absolute atomic E-state index is 0.669. The third-order valence-corrected chi connectivity index (χ3v) is 4.51. The van der Waals surface area contributed by atoms with Crippen LogP contribution in [0.4, 0.5) is 5.95 Å². The number of nitrogens with two attached hydrogens (primary N) is 1. The molecule has 1 aliphatic rings. The first-order valence-electron chi connectivity index (χ1n) is 7.23. The van der Waals surface area contributed by atoms with Crippen molar-refractivity contribution >= 4 is 17.3 Å². The minimum atomic E-state index is 0.669. The molecule has 3 heterocycles. The predicted molar refractivity (Wildman–Crippen MR) is 84.4 cm³/mol. The van der Waals surface area contributed by atoms with Crippen LogP contribution in [-0.4, -0.2) is 52.6 Å². The third kappa shape index (κ3) is 3.75. The minimum Gasteiger partial charge on any atom is -0.338 e. The molecule has 1 aliphatic heterocycles. The summed E-state index contributed by atoms with van der Waals surface area (Å²) in [7, 11) is 0. The molecule has 112 valence electrons. The smallest absolute Gasteiger partial charge is 0.225 e. The molecular weight excluding hydrogens is 284 g/mol. The lowest BCUT2D eigenvalue weighted by Gasteiger charge is -2.34. The Morgan fingerprint density at radius 2 is 1.90 bits per heavy atom. The molecule has 0 aromatic carbocycles. The number of rotatable bonds is 5. The van der Waals surface area contributed by atoms with Crippen molar-refractivity contribution in [1.82, 2.24) is 19.9 Å². The van der Waals surface area contributed by atoms with Crippen molar-refractivity contribution in [1.29, 1.82) is 0 Å². The molecule has 1 saturated heterocycles. The van der Waals surface area contributed by atoms with E-state index in [-0.39, 0.29) is 0 Å². The summed E-state index contributed by atoms with van der Waals surface area (Å²) >= 11 is 1.71. The van der Waals surface area contributed by atoms with Crippen molar-refractivity contribution in [2.24, 2.45) is 5.73 Å². The van der Waals surface area contributed by atoms with E-state index in [1.807, 2.05) is 6.07 Å². The molecule has 0 saturated carbocycles. The van der Waals surface area contributed by atoms with Gasteiger partial charge in [0.1, 0.15) is 0 Å². The molecule has 0 amide bonds. The number of piperazine rings is 1. The third-order valence-electron chi connectivity index (χ3n) is 3.55. The summed E-state index contributed by atoms with van der Waals surface area (Å²) in [5.41, 5.74) is 6.72. The molecule has 6 nitrogen and oxygen atoms in total. The molecule has 2 aromatic heterocycles. The maximum atomic E-state index is 5.56. The second kappa shape index (κ2) is 6.93. The summed E-state index contributed by atoms with van der Waals surface area (Å²) in [5, 5.41) is 3.29. The molecule has 2 aromatic rings. The van der Waals surface area contributed by atoms with Crippen LogP contribution in [-0.2, 0) is 13.0 Å². The Labute approximate surface area is 128 Å². The van der Waals surface area contributed by atoms with Crippen LogP contribution in [0.1, 0.15) is 10.7 Å². The Hall–Kier alpha value is -1.57. The van der Waals surface area contributed by atoms with Crippen LogP contribution in [0, 0.1) is 0 Å². The molecule has 0 atom stereocenters. The van der Waals surface area contributed by atoms with Gasteiger partial charge in [-0.2, -0.15) is 0 Å². The van der Waals surface area contributed by atoms with Crippen LogP contribution in [0.2, 0.25) is 0 Å². The Morgan fingerprint density at radius 1 is 1.14 bits per heavy atom. The fourth-order valence-electron chi connectivity index (χ4n) is 2.45. The lowest BCUT2D eigenvalue weighted by atomic mass is 10.3. The number of anilines is 1. The van der Waals surface area contributed by atoms with E-state index in [0.29, 0.717) is 6.54 Å². The highest BCUT2D eigenvalue weighted by Gasteiger charge is 2.19. The highest BCUT2D eigenvalue weighted by atomic mass is 32.1. The number of hydrogen-bond acceptors (Lipinski definition) is 7. The largest absolute Gasteiger partial charge is 0.338 e. The summed E-state index contributed by atoms with van der Waals surface area (Å²) in [5.74, 6) is 0.830. The van der Waals surface area contributed by atoms with Gasteiger partial charge in [-0.15, -0.1) is 11.3 Å². The zero-order valence-corrected chi connectivity index (χ0v) is 12.8. The molecule has 0 radical (unpaired) electrons. The number of nitrogens with zero attached hydrogens (tertiary/aromatic N) is 5. The Balaban J connectivity index is 1.51. The number of hydrogen-bond donors (Lipinski definition) is 1. The van der Waals surface area contributed by atoms with Crippen molar-refractivity contribution < 1.29 is 0 Å². The van der Waals surface area contributed by atoms with E-state index in [1.165, 1.54) is 0 Å². The molecule has 0 unspecified atom stereocenters. The standard InChI is InChI=1S/C14H20N6S/c15-3-2-13-18-12(11-21-13)10-19-6-8-20(9-7-19)14-16-4-1-5-17-14/h1,4-5,11H,2-3,6-10,15H2. The van der Waals surface area contributed by atoms with E-state index in [1.54, 1.807) is 23.7 Å². The van der Waals surface area contributed by atoms with Gasteiger partial charge in [-0.1, -0.05) is 0 Å². The average Bonchev–Trinajstić information content (AvgIpc) is 2.97. The molecule has 21 heavy (non-hydrogen) atoms. The van der Waals surface area contributed by atoms with Crippen LogP contribution in [0.25, 0.3) is 0 Å². The van der Waals surface area contributed by atoms with E-state index in [2.05, 4.69) is 30.1 Å². The summed E-state index contributed by atoms with van der Waals surface area (Å²) in [6.07, 6.45) is 4.47. The SMILES string of the molecule is NCCc1nc(CN2CCN(c3ncccn3)CC2)cs1. The van der Waals surface area contributed by atoms with Gasteiger partial charge >= 0.3 is 0 Å². The quantitative estimate of drug-likeness (QED) is 0.879. The van der Waals surface area contributed by atoms with Gasteiger partial charge in [0, 0.05) is 56.9 Å². The molecule has 0 bridgehead atoms. The highest BCUT2D eigenvalue weighted by molar-refractivity contribution is 7.09. The Morgan fingerprint density at radius 3 is 2.62 bits per heavy atom. The molecule has 3 rings (SSSR count). The molecule has 0 spiro atoms. The topological polar surface area (TPSA) is 71.2 Å². The summed E-state index contributed by atoms with van der Waals surface area (Å²) in [6, 6.07) is 1.85. The van der Waals surface area contributed by atoms with Crippen molar-refractivity contribution in [3.05, 3.63) is 34.5 Å². The van der Waals surface area contributed by atoms with E-state index in [4.69, 9.17) is 5.73 Å². The fourth-order valence-corrected chi connectivity index (χ4v) is 3.25. The highest BCUT2D eigenvalue weighted by Crippen LogP contribution is 2.15. The van der Waals surface area contributed by atoms with E-state index < -0.39 is 0 Å². The summed E-state index contributed by atoms with van der Waals surface area (Å²) in [6.45, 7) is 5.55. The van der Waals surface area contributed by atoms with Crippen LogP contribution in [0.3, 0.4) is 0 Å². The van der Waals surface area contributed by atoms with Crippen molar-refractivity contribution in [3.8, 4) is 0 Å². The second-order valence-electron chi connectivity index (χ2n) is 5.08. The van der Waals surface area contributed by atoms with Crippen LogP contribution in [0.5, 0.6) is 0 Å². The van der Waals surface area contributed by atoms with Crippen LogP contribution in [0.15, 0.2) is 23.8 Å². The maximum Gasteiger partial charge on any atom is 0.225 e. The molecular formula is C14H20N6S. The van der Waals surface area contributed by atoms with Crippen molar-refractivity contribution in [2.75, 3.05) is 37.6 Å². The first-order valence-corrected chi connectivity index (χ1v) is 8.11. The zero-order chi connectivity index (χ0) is 14.5. The average molecular weight is 304 g/mol. The normalized spacial score (nSPS) is 16.3. The predicted octanol–water partition coefficient (Wildman–Crippen LogP) is 0.756.